The number of carbonyl (C=O) groups excluding carboxylic acids is 1. The number of thiazole rings is 1. The highest BCUT2D eigenvalue weighted by Crippen LogP contribution is 2.31. The summed E-state index contributed by atoms with van der Waals surface area (Å²) in [4.78, 5) is 20.9. The van der Waals surface area contributed by atoms with Gasteiger partial charge in [-0.1, -0.05) is 17.7 Å². The summed E-state index contributed by atoms with van der Waals surface area (Å²) in [5.74, 6) is -0.113. The summed E-state index contributed by atoms with van der Waals surface area (Å²) in [7, 11) is 1.61. The summed E-state index contributed by atoms with van der Waals surface area (Å²) in [6.07, 6.45) is 0. The van der Waals surface area contributed by atoms with Gasteiger partial charge in [-0.05, 0) is 43.3 Å². The van der Waals surface area contributed by atoms with Gasteiger partial charge in [0.05, 0.1) is 11.4 Å². The Morgan fingerprint density at radius 1 is 1.15 bits per heavy atom. The predicted octanol–water partition coefficient (Wildman–Crippen LogP) is 4.52. The van der Waals surface area contributed by atoms with Crippen molar-refractivity contribution in [1.82, 2.24) is 19.7 Å². The largest absolute Gasteiger partial charge is 0.355 e. The number of imidazole rings is 1. The van der Waals surface area contributed by atoms with Crippen LogP contribution in [-0.4, -0.2) is 27.3 Å². The van der Waals surface area contributed by atoms with Crippen LogP contribution in [0.3, 0.4) is 0 Å². The molecule has 0 radical (unpaired) electrons. The van der Waals surface area contributed by atoms with E-state index in [0.717, 1.165) is 33.5 Å². The monoisotopic (exact) mass is 397 g/mol. The van der Waals surface area contributed by atoms with Crippen LogP contribution >= 0.6 is 22.9 Å². The molecule has 1 aromatic carbocycles. The molecule has 27 heavy (non-hydrogen) atoms. The molecule has 0 aliphatic rings. The SMILES string of the molecule is CNC(=O)c1ccc(Nc2nc(-c3c(C)nc4cccc(Cl)n34)cs2)cc1. The third kappa shape index (κ3) is 3.27. The summed E-state index contributed by atoms with van der Waals surface area (Å²) < 4.78 is 1.90. The molecule has 0 saturated heterocycles. The van der Waals surface area contributed by atoms with E-state index in [-0.39, 0.29) is 5.91 Å². The highest BCUT2D eigenvalue weighted by Gasteiger charge is 2.16. The zero-order valence-electron chi connectivity index (χ0n) is 14.7. The summed E-state index contributed by atoms with van der Waals surface area (Å²) >= 11 is 7.86. The Morgan fingerprint density at radius 2 is 1.93 bits per heavy atom. The van der Waals surface area contributed by atoms with Gasteiger partial charge in [-0.15, -0.1) is 11.3 Å². The van der Waals surface area contributed by atoms with Gasteiger partial charge in [-0.2, -0.15) is 0 Å². The molecule has 0 spiro atoms. The average Bonchev–Trinajstić information content (AvgIpc) is 3.25. The van der Waals surface area contributed by atoms with Crippen LogP contribution in [0, 0.1) is 6.92 Å². The molecule has 0 bridgehead atoms. The number of benzene rings is 1. The van der Waals surface area contributed by atoms with Crippen molar-refractivity contribution in [3.63, 3.8) is 0 Å². The van der Waals surface area contributed by atoms with Crippen molar-refractivity contribution >= 4 is 45.3 Å². The topological polar surface area (TPSA) is 71.3 Å². The molecule has 0 aliphatic heterocycles. The number of amides is 1. The fourth-order valence-electron chi connectivity index (χ4n) is 2.88. The molecule has 6 nitrogen and oxygen atoms in total. The maximum atomic E-state index is 11.6. The molecule has 0 fully saturated rings. The van der Waals surface area contributed by atoms with Crippen LogP contribution in [0.2, 0.25) is 5.15 Å². The van der Waals surface area contributed by atoms with E-state index < -0.39 is 0 Å². The molecule has 8 heteroatoms. The zero-order chi connectivity index (χ0) is 19.0. The fourth-order valence-corrected chi connectivity index (χ4v) is 3.84. The Labute approximate surface area is 164 Å². The molecule has 0 aliphatic carbocycles. The van der Waals surface area contributed by atoms with Crippen molar-refractivity contribution in [2.75, 3.05) is 12.4 Å². The number of pyridine rings is 1. The number of aryl methyl sites for hydroxylation is 1. The van der Waals surface area contributed by atoms with E-state index in [1.54, 1.807) is 19.2 Å². The van der Waals surface area contributed by atoms with E-state index in [1.165, 1.54) is 11.3 Å². The minimum Gasteiger partial charge on any atom is -0.355 e. The van der Waals surface area contributed by atoms with E-state index in [0.29, 0.717) is 10.7 Å². The van der Waals surface area contributed by atoms with E-state index in [4.69, 9.17) is 11.6 Å². The molecule has 2 N–H and O–H groups in total. The van der Waals surface area contributed by atoms with Gasteiger partial charge in [-0.3, -0.25) is 9.20 Å². The van der Waals surface area contributed by atoms with Crippen LogP contribution in [-0.2, 0) is 0 Å². The lowest BCUT2D eigenvalue weighted by molar-refractivity contribution is 0.0963. The van der Waals surface area contributed by atoms with Crippen molar-refractivity contribution in [2.45, 2.75) is 6.92 Å². The summed E-state index contributed by atoms with van der Waals surface area (Å²) in [5, 5.41) is 9.19. The number of carbonyl (C=O) groups is 1. The van der Waals surface area contributed by atoms with Crippen LogP contribution in [0.4, 0.5) is 10.8 Å². The van der Waals surface area contributed by atoms with E-state index in [1.807, 2.05) is 47.0 Å². The standard InChI is InChI=1S/C19H16ClN5OS/c1-11-17(25-15(20)4-3-5-16(25)22-11)14-10-27-19(24-14)23-13-8-6-12(7-9-13)18(26)21-2/h3-10H,1-2H3,(H,21,26)(H,23,24). The van der Waals surface area contributed by atoms with E-state index in [9.17, 15) is 4.79 Å². The lowest BCUT2D eigenvalue weighted by atomic mass is 10.2. The lowest BCUT2D eigenvalue weighted by Crippen LogP contribution is -2.17. The highest BCUT2D eigenvalue weighted by atomic mass is 35.5. The Bertz CT molecular complexity index is 1130. The van der Waals surface area contributed by atoms with E-state index >= 15 is 0 Å². The molecular weight excluding hydrogens is 382 g/mol. The van der Waals surface area contributed by atoms with Gasteiger partial charge < -0.3 is 10.6 Å². The van der Waals surface area contributed by atoms with Crippen LogP contribution in [0.25, 0.3) is 17.0 Å². The Kier molecular flexibility index (Phi) is 4.55. The normalized spacial score (nSPS) is 10.9. The Balaban J connectivity index is 1.63. The second-order valence-corrected chi connectivity index (χ2v) is 7.15. The van der Waals surface area contributed by atoms with Gasteiger partial charge >= 0.3 is 0 Å². The molecule has 0 atom stereocenters. The van der Waals surface area contributed by atoms with Crippen LogP contribution in [0.1, 0.15) is 16.1 Å². The van der Waals surface area contributed by atoms with Crippen molar-refractivity contribution in [2.24, 2.45) is 0 Å². The first-order valence-corrected chi connectivity index (χ1v) is 9.51. The Hall–Kier alpha value is -2.90. The van der Waals surface area contributed by atoms with Gasteiger partial charge in [0.25, 0.3) is 5.91 Å². The number of rotatable bonds is 4. The first-order valence-electron chi connectivity index (χ1n) is 8.25. The van der Waals surface area contributed by atoms with Crippen molar-refractivity contribution in [3.8, 4) is 11.4 Å². The molecule has 4 aromatic rings. The third-order valence-corrected chi connectivity index (χ3v) is 5.20. The minimum absolute atomic E-state index is 0.113. The fraction of sp³-hybridized carbons (Fsp3) is 0.105. The van der Waals surface area contributed by atoms with Crippen molar-refractivity contribution in [3.05, 3.63) is 64.3 Å². The van der Waals surface area contributed by atoms with Crippen LogP contribution in [0.5, 0.6) is 0 Å². The van der Waals surface area contributed by atoms with E-state index in [2.05, 4.69) is 20.6 Å². The third-order valence-electron chi connectivity index (χ3n) is 4.14. The number of fused-ring (bicyclic) bond motifs is 1. The van der Waals surface area contributed by atoms with Gasteiger partial charge in [-0.25, -0.2) is 9.97 Å². The first kappa shape index (κ1) is 17.5. The maximum absolute atomic E-state index is 11.6. The lowest BCUT2D eigenvalue weighted by Gasteiger charge is -2.04. The van der Waals surface area contributed by atoms with Gasteiger partial charge in [0.15, 0.2) is 5.13 Å². The first-order chi connectivity index (χ1) is 13.1. The van der Waals surface area contributed by atoms with Gasteiger partial charge in [0.1, 0.15) is 16.5 Å². The maximum Gasteiger partial charge on any atom is 0.251 e. The number of hydrogen-bond donors (Lipinski definition) is 2. The second-order valence-electron chi connectivity index (χ2n) is 5.91. The molecular formula is C19H16ClN5OS. The van der Waals surface area contributed by atoms with Crippen molar-refractivity contribution in [1.29, 1.82) is 0 Å². The molecule has 4 rings (SSSR count). The van der Waals surface area contributed by atoms with Crippen molar-refractivity contribution < 1.29 is 4.79 Å². The summed E-state index contributed by atoms with van der Waals surface area (Å²) in [5.41, 5.74) is 4.82. The minimum atomic E-state index is -0.113. The molecule has 1 amide bonds. The second kappa shape index (κ2) is 7.02. The molecule has 0 saturated carbocycles. The average molecular weight is 398 g/mol. The van der Waals surface area contributed by atoms with Gasteiger partial charge in [0.2, 0.25) is 0 Å². The predicted molar refractivity (Wildman–Crippen MR) is 109 cm³/mol. The summed E-state index contributed by atoms with van der Waals surface area (Å²) in [6, 6.07) is 12.9. The highest BCUT2D eigenvalue weighted by molar-refractivity contribution is 7.14. The van der Waals surface area contributed by atoms with Crippen LogP contribution < -0.4 is 10.6 Å². The number of aromatic nitrogens is 3. The number of nitrogens with one attached hydrogen (secondary N) is 2. The van der Waals surface area contributed by atoms with Gasteiger partial charge in [0, 0.05) is 23.7 Å². The number of halogens is 1. The van der Waals surface area contributed by atoms with Crippen LogP contribution in [0.15, 0.2) is 47.8 Å². The number of anilines is 2. The summed E-state index contributed by atoms with van der Waals surface area (Å²) in [6.45, 7) is 1.95. The molecule has 136 valence electrons. The number of nitrogens with zero attached hydrogens (tertiary/aromatic N) is 3. The molecule has 0 unspecified atom stereocenters. The quantitative estimate of drug-likeness (QED) is 0.496. The number of hydrogen-bond acceptors (Lipinski definition) is 5. The smallest absolute Gasteiger partial charge is 0.251 e. The molecule has 3 heterocycles. The Morgan fingerprint density at radius 3 is 2.67 bits per heavy atom. The molecule has 3 aromatic heterocycles. The zero-order valence-corrected chi connectivity index (χ0v) is 16.2.